The molecular formula is C20H20ClNO4. The lowest BCUT2D eigenvalue weighted by Crippen LogP contribution is -2.38. The maximum atomic E-state index is 13.1. The second-order valence-corrected chi connectivity index (χ2v) is 6.84. The van der Waals surface area contributed by atoms with Gasteiger partial charge < -0.3 is 15.2 Å². The van der Waals surface area contributed by atoms with Gasteiger partial charge in [-0.25, -0.2) is 4.79 Å². The van der Waals surface area contributed by atoms with Gasteiger partial charge in [0.05, 0.1) is 5.41 Å². The first-order valence-electron chi connectivity index (χ1n) is 8.52. The summed E-state index contributed by atoms with van der Waals surface area (Å²) in [5.74, 6) is -0.667. The lowest BCUT2D eigenvalue weighted by atomic mass is 9.78. The fraction of sp³-hybridized carbons (Fsp3) is 0.300. The standard InChI is InChI=1S/C20H20ClNO4/c21-17-6-2-1-5-16(17)20(11-3-4-12-20)19(25)22-14-7-9-15(10-8-14)26-13-18(23)24/h1-2,5-10H,3-4,11-13H2,(H,22,25)(H,23,24). The summed E-state index contributed by atoms with van der Waals surface area (Å²) in [5.41, 5.74) is 0.894. The van der Waals surface area contributed by atoms with Crippen molar-refractivity contribution in [3.63, 3.8) is 0 Å². The van der Waals surface area contributed by atoms with E-state index in [2.05, 4.69) is 5.32 Å². The lowest BCUT2D eigenvalue weighted by Gasteiger charge is -2.29. The van der Waals surface area contributed by atoms with E-state index < -0.39 is 18.0 Å². The summed E-state index contributed by atoms with van der Waals surface area (Å²) in [6.07, 6.45) is 3.51. The number of ether oxygens (including phenoxy) is 1. The van der Waals surface area contributed by atoms with Crippen LogP contribution in [0, 0.1) is 0 Å². The highest BCUT2D eigenvalue weighted by atomic mass is 35.5. The molecule has 0 heterocycles. The van der Waals surface area contributed by atoms with Crippen LogP contribution in [0.3, 0.4) is 0 Å². The molecule has 1 aliphatic carbocycles. The van der Waals surface area contributed by atoms with Gasteiger partial charge in [-0.3, -0.25) is 4.79 Å². The Bertz CT molecular complexity index is 798. The third kappa shape index (κ3) is 3.83. The summed E-state index contributed by atoms with van der Waals surface area (Å²) in [6.45, 7) is -0.401. The average Bonchev–Trinajstić information content (AvgIpc) is 3.12. The Hall–Kier alpha value is -2.53. The van der Waals surface area contributed by atoms with E-state index in [9.17, 15) is 9.59 Å². The van der Waals surface area contributed by atoms with Crippen molar-refractivity contribution < 1.29 is 19.4 Å². The molecule has 3 rings (SSSR count). The van der Waals surface area contributed by atoms with Gasteiger partial charge in [0.1, 0.15) is 5.75 Å². The summed E-state index contributed by atoms with van der Waals surface area (Å²) in [5, 5.41) is 12.2. The van der Waals surface area contributed by atoms with Crippen LogP contribution in [0.1, 0.15) is 31.2 Å². The third-order valence-corrected chi connectivity index (χ3v) is 5.09. The molecule has 0 aliphatic heterocycles. The number of hydrogen-bond donors (Lipinski definition) is 2. The molecule has 0 aromatic heterocycles. The molecule has 1 fully saturated rings. The minimum absolute atomic E-state index is 0.0673. The Balaban J connectivity index is 1.77. The molecule has 0 radical (unpaired) electrons. The molecule has 2 aromatic rings. The molecule has 5 nitrogen and oxygen atoms in total. The molecule has 0 atom stereocenters. The zero-order valence-electron chi connectivity index (χ0n) is 14.2. The van der Waals surface area contributed by atoms with Crippen LogP contribution in [-0.4, -0.2) is 23.6 Å². The molecule has 1 aliphatic rings. The van der Waals surface area contributed by atoms with Crippen molar-refractivity contribution in [1.29, 1.82) is 0 Å². The van der Waals surface area contributed by atoms with E-state index in [1.165, 1.54) is 0 Å². The SMILES string of the molecule is O=C(O)COc1ccc(NC(=O)C2(c3ccccc3Cl)CCCC2)cc1. The van der Waals surface area contributed by atoms with E-state index in [1.54, 1.807) is 24.3 Å². The second kappa shape index (κ2) is 7.79. The van der Waals surface area contributed by atoms with Gasteiger partial charge >= 0.3 is 5.97 Å². The minimum atomic E-state index is -1.04. The molecular weight excluding hydrogens is 354 g/mol. The molecule has 2 N–H and O–H groups in total. The summed E-state index contributed by atoms with van der Waals surface area (Å²) in [7, 11) is 0. The quantitative estimate of drug-likeness (QED) is 0.793. The molecule has 0 bridgehead atoms. The van der Waals surface area contributed by atoms with E-state index in [0.717, 1.165) is 31.2 Å². The van der Waals surface area contributed by atoms with E-state index in [1.807, 2.05) is 24.3 Å². The highest BCUT2D eigenvalue weighted by Crippen LogP contribution is 2.44. The molecule has 1 amide bonds. The fourth-order valence-electron chi connectivity index (χ4n) is 3.48. The van der Waals surface area contributed by atoms with Gasteiger partial charge in [0, 0.05) is 10.7 Å². The predicted octanol–water partition coefficient (Wildman–Crippen LogP) is 4.25. The molecule has 0 unspecified atom stereocenters. The van der Waals surface area contributed by atoms with E-state index in [-0.39, 0.29) is 5.91 Å². The first-order chi connectivity index (χ1) is 12.5. The fourth-order valence-corrected chi connectivity index (χ4v) is 3.79. The number of amides is 1. The van der Waals surface area contributed by atoms with E-state index in [0.29, 0.717) is 16.5 Å². The number of rotatable bonds is 6. The van der Waals surface area contributed by atoms with Gasteiger partial charge in [-0.15, -0.1) is 0 Å². The Morgan fingerprint density at radius 1 is 1.08 bits per heavy atom. The number of hydrogen-bond acceptors (Lipinski definition) is 3. The van der Waals surface area contributed by atoms with Gasteiger partial charge in [0.25, 0.3) is 0 Å². The molecule has 0 saturated heterocycles. The van der Waals surface area contributed by atoms with E-state index >= 15 is 0 Å². The van der Waals surface area contributed by atoms with Gasteiger partial charge in [0.15, 0.2) is 6.61 Å². The first kappa shape index (κ1) is 18.3. The monoisotopic (exact) mass is 373 g/mol. The maximum Gasteiger partial charge on any atom is 0.341 e. The van der Waals surface area contributed by atoms with Crippen molar-refractivity contribution in [2.24, 2.45) is 0 Å². The summed E-state index contributed by atoms with van der Waals surface area (Å²) < 4.78 is 5.10. The molecule has 26 heavy (non-hydrogen) atoms. The molecule has 2 aromatic carbocycles. The van der Waals surface area contributed by atoms with Crippen molar-refractivity contribution in [1.82, 2.24) is 0 Å². The molecule has 1 saturated carbocycles. The Morgan fingerprint density at radius 2 is 1.73 bits per heavy atom. The van der Waals surface area contributed by atoms with Gasteiger partial charge in [-0.05, 0) is 48.7 Å². The van der Waals surface area contributed by atoms with Crippen LogP contribution in [0.2, 0.25) is 5.02 Å². The summed E-state index contributed by atoms with van der Waals surface area (Å²) in [4.78, 5) is 23.6. The number of aliphatic carboxylic acids is 1. The lowest BCUT2D eigenvalue weighted by molar-refractivity contribution is -0.139. The largest absolute Gasteiger partial charge is 0.482 e. The zero-order chi connectivity index (χ0) is 18.6. The predicted molar refractivity (Wildman–Crippen MR) is 99.8 cm³/mol. The third-order valence-electron chi connectivity index (χ3n) is 4.76. The summed E-state index contributed by atoms with van der Waals surface area (Å²) in [6, 6.07) is 14.2. The highest BCUT2D eigenvalue weighted by Gasteiger charge is 2.43. The van der Waals surface area contributed by atoms with Crippen molar-refractivity contribution in [2.45, 2.75) is 31.1 Å². The highest BCUT2D eigenvalue weighted by molar-refractivity contribution is 6.31. The van der Waals surface area contributed by atoms with Crippen LogP contribution in [0.4, 0.5) is 5.69 Å². The van der Waals surface area contributed by atoms with Crippen LogP contribution in [0.5, 0.6) is 5.75 Å². The van der Waals surface area contributed by atoms with Crippen molar-refractivity contribution in [3.8, 4) is 5.75 Å². The molecule has 6 heteroatoms. The van der Waals surface area contributed by atoms with Gasteiger partial charge in [0.2, 0.25) is 5.91 Å². The maximum absolute atomic E-state index is 13.1. The number of carboxylic acids is 1. The average molecular weight is 374 g/mol. The van der Waals surface area contributed by atoms with Gasteiger partial charge in [-0.1, -0.05) is 42.6 Å². The van der Waals surface area contributed by atoms with Crippen molar-refractivity contribution in [3.05, 3.63) is 59.1 Å². The smallest absolute Gasteiger partial charge is 0.341 e. The van der Waals surface area contributed by atoms with Crippen LogP contribution < -0.4 is 10.1 Å². The normalized spacial score (nSPS) is 15.4. The van der Waals surface area contributed by atoms with Crippen LogP contribution in [0.15, 0.2) is 48.5 Å². The van der Waals surface area contributed by atoms with Crippen LogP contribution in [-0.2, 0) is 15.0 Å². The topological polar surface area (TPSA) is 75.6 Å². The van der Waals surface area contributed by atoms with E-state index in [4.69, 9.17) is 21.4 Å². The van der Waals surface area contributed by atoms with Crippen LogP contribution in [0.25, 0.3) is 0 Å². The van der Waals surface area contributed by atoms with Crippen molar-refractivity contribution in [2.75, 3.05) is 11.9 Å². The second-order valence-electron chi connectivity index (χ2n) is 6.43. The Morgan fingerprint density at radius 3 is 2.35 bits per heavy atom. The minimum Gasteiger partial charge on any atom is -0.482 e. The molecule has 136 valence electrons. The number of nitrogens with one attached hydrogen (secondary N) is 1. The number of benzene rings is 2. The first-order valence-corrected chi connectivity index (χ1v) is 8.90. The zero-order valence-corrected chi connectivity index (χ0v) is 15.0. The number of carbonyl (C=O) groups excluding carboxylic acids is 1. The number of anilines is 1. The number of carboxylic acid groups (broad SMARTS) is 1. The Labute approximate surface area is 156 Å². The Kier molecular flexibility index (Phi) is 5.47. The van der Waals surface area contributed by atoms with Crippen LogP contribution >= 0.6 is 11.6 Å². The summed E-state index contributed by atoms with van der Waals surface area (Å²) >= 11 is 6.38. The number of halogens is 1. The molecule has 0 spiro atoms. The van der Waals surface area contributed by atoms with Gasteiger partial charge in [-0.2, -0.15) is 0 Å². The van der Waals surface area contributed by atoms with Crippen molar-refractivity contribution >= 4 is 29.2 Å². The number of carbonyl (C=O) groups is 2.